The van der Waals surface area contributed by atoms with E-state index in [1.54, 1.807) is 16.5 Å². The summed E-state index contributed by atoms with van der Waals surface area (Å²) in [5.41, 5.74) is 3.16. The predicted molar refractivity (Wildman–Crippen MR) is 142 cm³/mol. The average Bonchev–Trinajstić information content (AvgIpc) is 3.24. The van der Waals surface area contributed by atoms with Gasteiger partial charge in [-0.2, -0.15) is 0 Å². The van der Waals surface area contributed by atoms with Crippen LogP contribution < -0.4 is 10.5 Å². The number of rotatable bonds is 6. The van der Waals surface area contributed by atoms with Crippen molar-refractivity contribution in [3.05, 3.63) is 69.7 Å². The minimum Gasteiger partial charge on any atom is -0.478 e. The summed E-state index contributed by atoms with van der Waals surface area (Å²) < 4.78 is 17.4. The van der Waals surface area contributed by atoms with Crippen molar-refractivity contribution in [2.75, 3.05) is 44.9 Å². The molecular weight excluding hydrogens is 506 g/mol. The van der Waals surface area contributed by atoms with E-state index in [0.717, 1.165) is 18.8 Å². The number of likely N-dealkylation sites (N-methyl/N-ethyl adjacent to an activating group) is 1. The Morgan fingerprint density at radius 2 is 1.74 bits per heavy atom. The van der Waals surface area contributed by atoms with Crippen LogP contribution in [0.1, 0.15) is 33.3 Å². The van der Waals surface area contributed by atoms with Crippen LogP contribution in [0.3, 0.4) is 0 Å². The molecule has 0 atom stereocenters. The maximum Gasteiger partial charge on any atom is 0.346 e. The highest BCUT2D eigenvalue weighted by Crippen LogP contribution is 2.34. The van der Waals surface area contributed by atoms with Gasteiger partial charge in [-0.05, 0) is 55.9 Å². The fraction of sp³-hybridized carbons (Fsp3) is 0.286. The van der Waals surface area contributed by atoms with E-state index in [4.69, 9.17) is 13.9 Å². The van der Waals surface area contributed by atoms with Crippen molar-refractivity contribution in [1.82, 2.24) is 9.30 Å². The summed E-state index contributed by atoms with van der Waals surface area (Å²) in [5, 5.41) is 9.75. The van der Waals surface area contributed by atoms with Gasteiger partial charge in [-0.15, -0.1) is 0 Å². The maximum atomic E-state index is 12.9. The van der Waals surface area contributed by atoms with Crippen molar-refractivity contribution in [2.45, 2.75) is 13.8 Å². The van der Waals surface area contributed by atoms with Gasteiger partial charge in [0.15, 0.2) is 0 Å². The third-order valence-electron chi connectivity index (χ3n) is 6.86. The number of aryl methyl sites for hydroxylation is 1. The number of hydrogen-bond acceptors (Lipinski definition) is 9. The van der Waals surface area contributed by atoms with E-state index in [-0.39, 0.29) is 16.7 Å². The van der Waals surface area contributed by atoms with E-state index in [0.29, 0.717) is 41.0 Å². The lowest BCUT2D eigenvalue weighted by Gasteiger charge is -2.35. The van der Waals surface area contributed by atoms with Crippen LogP contribution in [0.5, 0.6) is 0 Å². The Morgan fingerprint density at radius 3 is 2.44 bits per heavy atom. The predicted octanol–water partition coefficient (Wildman–Crippen LogP) is 3.15. The van der Waals surface area contributed by atoms with Crippen molar-refractivity contribution in [3.8, 4) is 11.1 Å². The first-order valence-corrected chi connectivity index (χ1v) is 12.3. The Labute approximate surface area is 222 Å². The maximum absolute atomic E-state index is 12.9. The number of benzene rings is 2. The summed E-state index contributed by atoms with van der Waals surface area (Å²) in [6.07, 6.45) is 0. The summed E-state index contributed by atoms with van der Waals surface area (Å²) in [5.74, 6) is -2.29. The SMILES string of the molecule is CC(=O)OCOC(=O)c1ccc(-c2cc(C)n3c2oc(=O)c2ccc(C(=O)O)cc23)cc1N1CCN(C)CC1. The molecule has 2 aromatic heterocycles. The Hall–Kier alpha value is -4.64. The number of esters is 2. The molecule has 5 rings (SSSR count). The second-order valence-corrected chi connectivity index (χ2v) is 9.47. The number of carboxylic acids is 1. The van der Waals surface area contributed by atoms with Crippen molar-refractivity contribution < 1.29 is 33.4 Å². The fourth-order valence-corrected chi connectivity index (χ4v) is 4.81. The second kappa shape index (κ2) is 10.3. The smallest absolute Gasteiger partial charge is 0.346 e. The van der Waals surface area contributed by atoms with Crippen LogP contribution in [0.25, 0.3) is 27.7 Å². The number of hydrogen-bond donors (Lipinski definition) is 1. The number of nitrogens with zero attached hydrogens (tertiary/aromatic N) is 3. The minimum atomic E-state index is -1.10. The lowest BCUT2D eigenvalue weighted by atomic mass is 10.0. The highest BCUT2D eigenvalue weighted by Gasteiger charge is 2.24. The summed E-state index contributed by atoms with van der Waals surface area (Å²) >= 11 is 0. The van der Waals surface area contributed by atoms with E-state index in [1.807, 2.05) is 26.1 Å². The van der Waals surface area contributed by atoms with E-state index < -0.39 is 30.3 Å². The van der Waals surface area contributed by atoms with Crippen molar-refractivity contribution in [3.63, 3.8) is 0 Å². The Kier molecular flexibility index (Phi) is 6.83. The first-order valence-electron chi connectivity index (χ1n) is 12.3. The first kappa shape index (κ1) is 26.0. The van der Waals surface area contributed by atoms with Gasteiger partial charge in [0.1, 0.15) is 0 Å². The molecule has 0 radical (unpaired) electrons. The molecule has 0 aliphatic carbocycles. The Morgan fingerprint density at radius 1 is 1.00 bits per heavy atom. The molecule has 2 aromatic carbocycles. The molecular formula is C28H27N3O8. The van der Waals surface area contributed by atoms with E-state index in [1.165, 1.54) is 25.1 Å². The van der Waals surface area contributed by atoms with Gasteiger partial charge < -0.3 is 28.8 Å². The molecule has 11 heteroatoms. The third-order valence-corrected chi connectivity index (χ3v) is 6.86. The zero-order valence-electron chi connectivity index (χ0n) is 21.7. The van der Waals surface area contributed by atoms with Crippen LogP contribution >= 0.6 is 0 Å². The van der Waals surface area contributed by atoms with Gasteiger partial charge in [0.05, 0.1) is 27.7 Å². The van der Waals surface area contributed by atoms with E-state index in [2.05, 4.69) is 9.80 Å². The van der Waals surface area contributed by atoms with Crippen molar-refractivity contribution in [1.29, 1.82) is 0 Å². The van der Waals surface area contributed by atoms with Crippen LogP contribution in [-0.2, 0) is 14.3 Å². The van der Waals surface area contributed by atoms with Gasteiger partial charge in [-0.25, -0.2) is 14.4 Å². The summed E-state index contributed by atoms with van der Waals surface area (Å²) in [6.45, 7) is 5.53. The molecule has 1 aliphatic rings. The first-order chi connectivity index (χ1) is 18.6. The lowest BCUT2D eigenvalue weighted by molar-refractivity contribution is -0.149. The van der Waals surface area contributed by atoms with Crippen molar-refractivity contribution in [2.24, 2.45) is 0 Å². The molecule has 1 fully saturated rings. The molecule has 4 aromatic rings. The van der Waals surface area contributed by atoms with Gasteiger partial charge in [0.25, 0.3) is 0 Å². The fourth-order valence-electron chi connectivity index (χ4n) is 4.81. The molecule has 0 bridgehead atoms. The molecule has 0 saturated carbocycles. The van der Waals surface area contributed by atoms with Crippen molar-refractivity contribution >= 4 is 40.2 Å². The summed E-state index contributed by atoms with van der Waals surface area (Å²) in [6, 6.07) is 11.3. The van der Waals surface area contributed by atoms with E-state index >= 15 is 0 Å². The number of aromatic nitrogens is 1. The second-order valence-electron chi connectivity index (χ2n) is 9.47. The van der Waals surface area contributed by atoms with E-state index in [9.17, 15) is 24.3 Å². The zero-order valence-corrected chi connectivity index (χ0v) is 21.7. The number of aromatic carboxylic acids is 1. The number of piperazine rings is 1. The molecule has 1 saturated heterocycles. The quantitative estimate of drug-likeness (QED) is 0.291. The number of carboxylic acid groups (broad SMARTS) is 1. The molecule has 202 valence electrons. The van der Waals surface area contributed by atoms with Crippen LogP contribution in [0, 0.1) is 6.92 Å². The molecule has 3 heterocycles. The van der Waals surface area contributed by atoms with Gasteiger partial charge in [0.2, 0.25) is 12.5 Å². The van der Waals surface area contributed by atoms with Crippen LogP contribution in [-0.4, -0.2) is 72.3 Å². The Balaban J connectivity index is 1.64. The molecule has 0 unspecified atom stereocenters. The van der Waals surface area contributed by atoms with Gasteiger partial charge in [-0.3, -0.25) is 9.20 Å². The van der Waals surface area contributed by atoms with Gasteiger partial charge in [0, 0.05) is 44.4 Å². The summed E-state index contributed by atoms with van der Waals surface area (Å²) in [7, 11) is 2.03. The standard InChI is InChI=1S/C28H27N3O8/c1-16-12-22(25-31(16)24-14-19(26(33)34)5-7-21(24)28(36)39-25)18-4-6-20(27(35)38-15-37-17(2)32)23(13-18)30-10-8-29(3)9-11-30/h4-7,12-14H,8-11,15H2,1-3H3,(H,33,34). The number of anilines is 1. The highest BCUT2D eigenvalue weighted by atomic mass is 16.7. The minimum absolute atomic E-state index is 0.0537. The number of ether oxygens (including phenoxy) is 2. The van der Waals surface area contributed by atoms with Gasteiger partial charge in [-0.1, -0.05) is 6.07 Å². The normalized spacial score (nSPS) is 14.1. The molecule has 1 N–H and O–H groups in total. The molecule has 0 amide bonds. The molecule has 39 heavy (non-hydrogen) atoms. The van der Waals surface area contributed by atoms with Crippen LogP contribution in [0.15, 0.2) is 51.7 Å². The number of carbonyl (C=O) groups excluding carboxylic acids is 2. The Bertz CT molecular complexity index is 1680. The summed E-state index contributed by atoms with van der Waals surface area (Å²) in [4.78, 5) is 52.8. The third kappa shape index (κ3) is 4.96. The molecule has 1 aliphatic heterocycles. The molecule has 0 spiro atoms. The largest absolute Gasteiger partial charge is 0.478 e. The van der Waals surface area contributed by atoms with Gasteiger partial charge >= 0.3 is 23.5 Å². The lowest BCUT2D eigenvalue weighted by Crippen LogP contribution is -2.45. The monoisotopic (exact) mass is 533 g/mol. The molecule has 11 nitrogen and oxygen atoms in total. The topological polar surface area (TPSA) is 131 Å². The average molecular weight is 534 g/mol. The zero-order chi connectivity index (χ0) is 27.8. The highest BCUT2D eigenvalue weighted by molar-refractivity contribution is 5.98. The van der Waals surface area contributed by atoms with Crippen LogP contribution in [0.2, 0.25) is 0 Å². The van der Waals surface area contributed by atoms with Crippen LogP contribution in [0.4, 0.5) is 5.69 Å². The number of fused-ring (bicyclic) bond motifs is 3. The number of carbonyl (C=O) groups is 3.